The Morgan fingerprint density at radius 2 is 2.11 bits per heavy atom. The van der Waals surface area contributed by atoms with Gasteiger partial charge >= 0.3 is 0 Å². The Hall–Kier alpha value is -0.940. The van der Waals surface area contributed by atoms with Crippen LogP contribution >= 0.6 is 23.4 Å². The molecule has 0 spiro atoms. The van der Waals surface area contributed by atoms with Crippen LogP contribution in [0.2, 0.25) is 5.02 Å². The zero-order valence-electron chi connectivity index (χ0n) is 10.5. The van der Waals surface area contributed by atoms with E-state index >= 15 is 0 Å². The van der Waals surface area contributed by atoms with E-state index in [4.69, 9.17) is 22.7 Å². The number of thioether (sulfide) groups is 1. The lowest BCUT2D eigenvalue weighted by Crippen LogP contribution is -2.41. The molecule has 1 aromatic heterocycles. The van der Waals surface area contributed by atoms with Gasteiger partial charge < -0.3 is 10.6 Å². The summed E-state index contributed by atoms with van der Waals surface area (Å²) < 4.78 is 0. The second-order valence-corrected chi connectivity index (χ2v) is 6.83. The number of nitrogens with one attached hydrogen (secondary N) is 1. The lowest BCUT2D eigenvalue weighted by Gasteiger charge is -2.36. The molecule has 4 nitrogen and oxygen atoms in total. The predicted octanol–water partition coefficient (Wildman–Crippen LogP) is 2.35. The Bertz CT molecular complexity index is 455. The van der Waals surface area contributed by atoms with Crippen molar-refractivity contribution in [1.82, 2.24) is 4.98 Å². The van der Waals surface area contributed by atoms with Gasteiger partial charge in [0.1, 0.15) is 11.7 Å². The first-order valence-corrected chi connectivity index (χ1v) is 7.20. The Morgan fingerprint density at radius 3 is 2.67 bits per heavy atom. The first-order valence-electron chi connectivity index (χ1n) is 5.88. The fourth-order valence-corrected chi connectivity index (χ4v) is 3.87. The smallest absolute Gasteiger partial charge is 0.148 e. The van der Waals surface area contributed by atoms with E-state index in [-0.39, 0.29) is 5.84 Å². The molecule has 1 aliphatic heterocycles. The van der Waals surface area contributed by atoms with Crippen LogP contribution in [0.15, 0.2) is 12.3 Å². The van der Waals surface area contributed by atoms with Crippen LogP contribution in [0.3, 0.4) is 0 Å². The zero-order valence-corrected chi connectivity index (χ0v) is 12.1. The van der Waals surface area contributed by atoms with E-state index in [0.29, 0.717) is 21.1 Å². The van der Waals surface area contributed by atoms with Crippen LogP contribution in [0.25, 0.3) is 0 Å². The third kappa shape index (κ3) is 2.72. The summed E-state index contributed by atoms with van der Waals surface area (Å²) in [5.74, 6) is 0.722. The molecule has 2 atom stereocenters. The summed E-state index contributed by atoms with van der Waals surface area (Å²) >= 11 is 8.28. The van der Waals surface area contributed by atoms with E-state index in [9.17, 15) is 0 Å². The molecule has 1 aliphatic rings. The SMILES string of the molecule is CC1CN(c2nccc(C(=N)N)c2Cl)CC(C)S1. The number of amidine groups is 1. The van der Waals surface area contributed by atoms with E-state index < -0.39 is 0 Å². The summed E-state index contributed by atoms with van der Waals surface area (Å²) in [4.78, 5) is 6.53. The monoisotopic (exact) mass is 284 g/mol. The van der Waals surface area contributed by atoms with E-state index in [1.165, 1.54) is 0 Å². The van der Waals surface area contributed by atoms with Gasteiger partial charge in [0.2, 0.25) is 0 Å². The van der Waals surface area contributed by atoms with Crippen molar-refractivity contribution in [3.05, 3.63) is 22.8 Å². The lowest BCUT2D eigenvalue weighted by atomic mass is 10.2. The molecular weight excluding hydrogens is 268 g/mol. The van der Waals surface area contributed by atoms with Gasteiger partial charge in [-0.05, 0) is 6.07 Å². The molecule has 0 radical (unpaired) electrons. The normalized spacial score (nSPS) is 24.1. The van der Waals surface area contributed by atoms with Crippen molar-refractivity contribution in [1.29, 1.82) is 5.41 Å². The molecule has 6 heteroatoms. The number of nitrogens with two attached hydrogens (primary N) is 1. The number of anilines is 1. The van der Waals surface area contributed by atoms with Crippen molar-refractivity contribution in [2.45, 2.75) is 24.3 Å². The minimum Gasteiger partial charge on any atom is -0.384 e. The maximum atomic E-state index is 7.51. The number of halogens is 1. The van der Waals surface area contributed by atoms with E-state index in [1.807, 2.05) is 11.8 Å². The number of nitrogen functional groups attached to an aromatic ring is 1. The van der Waals surface area contributed by atoms with Crippen LogP contribution in [0.1, 0.15) is 19.4 Å². The van der Waals surface area contributed by atoms with Crippen molar-refractivity contribution >= 4 is 35.0 Å². The highest BCUT2D eigenvalue weighted by molar-refractivity contribution is 8.00. The Kier molecular flexibility index (Phi) is 4.02. The Balaban J connectivity index is 2.33. The summed E-state index contributed by atoms with van der Waals surface area (Å²) in [6.45, 7) is 6.25. The van der Waals surface area contributed by atoms with Gasteiger partial charge in [0.05, 0.1) is 5.02 Å². The number of hydrogen-bond donors (Lipinski definition) is 2. The van der Waals surface area contributed by atoms with Gasteiger partial charge in [-0.1, -0.05) is 25.4 Å². The van der Waals surface area contributed by atoms with Crippen molar-refractivity contribution in [3.8, 4) is 0 Å². The molecule has 1 aromatic rings. The van der Waals surface area contributed by atoms with Crippen LogP contribution in [0.5, 0.6) is 0 Å². The molecular formula is C12H17ClN4S. The molecule has 2 heterocycles. The van der Waals surface area contributed by atoms with Crippen molar-refractivity contribution in [2.75, 3.05) is 18.0 Å². The lowest BCUT2D eigenvalue weighted by molar-refractivity contribution is 0.718. The van der Waals surface area contributed by atoms with Gasteiger partial charge in [0, 0.05) is 35.3 Å². The molecule has 0 aliphatic carbocycles. The van der Waals surface area contributed by atoms with Crippen molar-refractivity contribution in [2.24, 2.45) is 5.73 Å². The molecule has 2 unspecified atom stereocenters. The molecule has 2 rings (SSSR count). The molecule has 98 valence electrons. The molecule has 0 bridgehead atoms. The molecule has 18 heavy (non-hydrogen) atoms. The van der Waals surface area contributed by atoms with Crippen molar-refractivity contribution in [3.63, 3.8) is 0 Å². The number of rotatable bonds is 2. The van der Waals surface area contributed by atoms with Gasteiger partial charge in [0.25, 0.3) is 0 Å². The summed E-state index contributed by atoms with van der Waals surface area (Å²) in [7, 11) is 0. The second kappa shape index (κ2) is 5.36. The average molecular weight is 285 g/mol. The molecule has 1 fully saturated rings. The number of nitrogens with zero attached hydrogens (tertiary/aromatic N) is 2. The highest BCUT2D eigenvalue weighted by atomic mass is 35.5. The van der Waals surface area contributed by atoms with Crippen LogP contribution < -0.4 is 10.6 Å². The van der Waals surface area contributed by atoms with Gasteiger partial charge in [0.15, 0.2) is 0 Å². The van der Waals surface area contributed by atoms with Crippen LogP contribution in [-0.2, 0) is 0 Å². The zero-order chi connectivity index (χ0) is 13.3. The maximum Gasteiger partial charge on any atom is 0.148 e. The van der Waals surface area contributed by atoms with E-state index in [0.717, 1.165) is 18.9 Å². The average Bonchev–Trinajstić information content (AvgIpc) is 2.27. The van der Waals surface area contributed by atoms with Crippen molar-refractivity contribution < 1.29 is 0 Å². The van der Waals surface area contributed by atoms with Crippen LogP contribution in [0.4, 0.5) is 5.82 Å². The molecule has 0 amide bonds. The fraction of sp³-hybridized carbons (Fsp3) is 0.500. The summed E-state index contributed by atoms with van der Waals surface area (Å²) in [5.41, 5.74) is 6.07. The fourth-order valence-electron chi connectivity index (χ4n) is 2.21. The first-order chi connectivity index (χ1) is 8.49. The second-order valence-electron chi connectivity index (χ2n) is 4.57. The molecule has 0 saturated carbocycles. The minimum atomic E-state index is -0.0175. The van der Waals surface area contributed by atoms with Gasteiger partial charge in [-0.15, -0.1) is 0 Å². The minimum absolute atomic E-state index is 0.0175. The number of pyridine rings is 1. The van der Waals surface area contributed by atoms with Gasteiger partial charge in [-0.2, -0.15) is 11.8 Å². The van der Waals surface area contributed by atoms with Crippen LogP contribution in [-0.4, -0.2) is 34.4 Å². The van der Waals surface area contributed by atoms with E-state index in [1.54, 1.807) is 12.3 Å². The largest absolute Gasteiger partial charge is 0.384 e. The van der Waals surface area contributed by atoms with Gasteiger partial charge in [-0.3, -0.25) is 5.41 Å². The summed E-state index contributed by atoms with van der Waals surface area (Å²) in [6, 6.07) is 1.68. The van der Waals surface area contributed by atoms with Gasteiger partial charge in [-0.25, -0.2) is 4.98 Å². The standard InChI is InChI=1S/C12H17ClN4S/c1-7-5-17(6-8(2)18-7)12-10(13)9(11(14)15)3-4-16-12/h3-4,7-8H,5-6H2,1-2H3,(H3,14,15). The molecule has 3 N–H and O–H groups in total. The molecule has 1 saturated heterocycles. The third-order valence-corrected chi connectivity index (χ3v) is 4.48. The summed E-state index contributed by atoms with van der Waals surface area (Å²) in [5, 5.41) is 9.09. The predicted molar refractivity (Wildman–Crippen MR) is 79.0 cm³/mol. The maximum absolute atomic E-state index is 7.51. The number of aromatic nitrogens is 1. The quantitative estimate of drug-likeness (QED) is 0.646. The Morgan fingerprint density at radius 1 is 1.50 bits per heavy atom. The summed E-state index contributed by atoms with van der Waals surface area (Å²) in [6.07, 6.45) is 1.66. The third-order valence-electron chi connectivity index (χ3n) is 2.88. The van der Waals surface area contributed by atoms with Crippen LogP contribution in [0, 0.1) is 5.41 Å². The molecule has 0 aromatic carbocycles. The van der Waals surface area contributed by atoms with E-state index in [2.05, 4.69) is 23.7 Å². The topological polar surface area (TPSA) is 66.0 Å². The Labute approximate surface area is 116 Å². The first kappa shape index (κ1) is 13.5. The highest BCUT2D eigenvalue weighted by Gasteiger charge is 2.25. The number of hydrogen-bond acceptors (Lipinski definition) is 4. The highest BCUT2D eigenvalue weighted by Crippen LogP contribution is 2.32.